The van der Waals surface area contributed by atoms with Crippen molar-refractivity contribution in [3.05, 3.63) is 24.3 Å². The topological polar surface area (TPSA) is 60.9 Å². The molecule has 5 nitrogen and oxygen atoms in total. The molecular formula is C14H18N2O3. The fraction of sp³-hybridized carbons (Fsp3) is 0.429. The van der Waals surface area contributed by atoms with Gasteiger partial charge in [-0.25, -0.2) is 0 Å². The summed E-state index contributed by atoms with van der Waals surface area (Å²) < 4.78 is 0. The fourth-order valence-electron chi connectivity index (χ4n) is 2.35. The van der Waals surface area contributed by atoms with Gasteiger partial charge < -0.3 is 14.9 Å². The molecule has 2 rings (SSSR count). The second kappa shape index (κ2) is 5.30. The standard InChI is InChI=1S/C14H18N2O3/c1-15(2)11-3-5-12(6-4-11)16-9-10(7-13(16)17)8-14(18)19/h3-6,10H,7-9H2,1-2H3,(H,18,19). The lowest BCUT2D eigenvalue weighted by Crippen LogP contribution is -2.24. The molecule has 19 heavy (non-hydrogen) atoms. The van der Waals surface area contributed by atoms with Gasteiger partial charge in [-0.2, -0.15) is 0 Å². The van der Waals surface area contributed by atoms with Crippen LogP contribution in [-0.4, -0.2) is 37.6 Å². The SMILES string of the molecule is CN(C)c1ccc(N2CC(CC(=O)O)CC2=O)cc1. The van der Waals surface area contributed by atoms with E-state index >= 15 is 0 Å². The zero-order chi connectivity index (χ0) is 14.0. The molecule has 1 heterocycles. The van der Waals surface area contributed by atoms with Crippen molar-refractivity contribution >= 4 is 23.3 Å². The second-order valence-electron chi connectivity index (χ2n) is 5.08. The first-order chi connectivity index (χ1) is 8.97. The third-order valence-electron chi connectivity index (χ3n) is 3.35. The number of hydrogen-bond acceptors (Lipinski definition) is 3. The van der Waals surface area contributed by atoms with Gasteiger partial charge in [0.05, 0.1) is 6.42 Å². The molecule has 5 heteroatoms. The van der Waals surface area contributed by atoms with Crippen LogP contribution in [0.4, 0.5) is 11.4 Å². The van der Waals surface area contributed by atoms with Crippen LogP contribution < -0.4 is 9.80 Å². The van der Waals surface area contributed by atoms with Crippen LogP contribution in [-0.2, 0) is 9.59 Å². The van der Waals surface area contributed by atoms with E-state index in [1.54, 1.807) is 4.90 Å². The third kappa shape index (κ3) is 3.05. The summed E-state index contributed by atoms with van der Waals surface area (Å²) in [5.41, 5.74) is 1.90. The van der Waals surface area contributed by atoms with E-state index in [0.717, 1.165) is 11.4 Å². The molecule has 1 aromatic carbocycles. The lowest BCUT2D eigenvalue weighted by Gasteiger charge is -2.18. The van der Waals surface area contributed by atoms with Crippen molar-refractivity contribution in [2.24, 2.45) is 5.92 Å². The number of carbonyl (C=O) groups excluding carboxylic acids is 1. The van der Waals surface area contributed by atoms with E-state index in [0.29, 0.717) is 13.0 Å². The van der Waals surface area contributed by atoms with Gasteiger partial charge in [-0.05, 0) is 30.2 Å². The van der Waals surface area contributed by atoms with Gasteiger partial charge in [0, 0.05) is 38.4 Å². The molecule has 0 saturated carbocycles. The zero-order valence-electron chi connectivity index (χ0n) is 11.2. The molecule has 1 N–H and O–H groups in total. The highest BCUT2D eigenvalue weighted by Gasteiger charge is 2.31. The molecule has 1 aliphatic heterocycles. The molecule has 0 aromatic heterocycles. The summed E-state index contributed by atoms with van der Waals surface area (Å²) in [6.45, 7) is 0.493. The van der Waals surface area contributed by atoms with E-state index in [9.17, 15) is 9.59 Å². The minimum atomic E-state index is -0.845. The minimum Gasteiger partial charge on any atom is -0.481 e. The van der Waals surface area contributed by atoms with E-state index in [-0.39, 0.29) is 18.2 Å². The molecule has 1 amide bonds. The summed E-state index contributed by atoms with van der Waals surface area (Å²) in [4.78, 5) is 26.3. The van der Waals surface area contributed by atoms with Crippen molar-refractivity contribution in [2.75, 3.05) is 30.4 Å². The first-order valence-electron chi connectivity index (χ1n) is 6.27. The maximum atomic E-state index is 11.9. The number of amides is 1. The number of carboxylic acid groups (broad SMARTS) is 1. The Morgan fingerprint density at radius 3 is 2.53 bits per heavy atom. The van der Waals surface area contributed by atoms with Crippen molar-refractivity contribution in [3.8, 4) is 0 Å². The largest absolute Gasteiger partial charge is 0.481 e. The first-order valence-corrected chi connectivity index (χ1v) is 6.27. The third-order valence-corrected chi connectivity index (χ3v) is 3.35. The van der Waals surface area contributed by atoms with Crippen molar-refractivity contribution in [2.45, 2.75) is 12.8 Å². The summed E-state index contributed by atoms with van der Waals surface area (Å²) >= 11 is 0. The molecule has 1 aliphatic rings. The van der Waals surface area contributed by atoms with E-state index in [4.69, 9.17) is 5.11 Å². The lowest BCUT2D eigenvalue weighted by atomic mass is 10.1. The van der Waals surface area contributed by atoms with Gasteiger partial charge in [0.2, 0.25) is 5.91 Å². The van der Waals surface area contributed by atoms with Gasteiger partial charge in [-0.15, -0.1) is 0 Å². The van der Waals surface area contributed by atoms with Gasteiger partial charge in [0.15, 0.2) is 0 Å². The maximum absolute atomic E-state index is 11.9. The monoisotopic (exact) mass is 262 g/mol. The Morgan fingerprint density at radius 1 is 1.37 bits per heavy atom. The number of nitrogens with zero attached hydrogens (tertiary/aromatic N) is 2. The Morgan fingerprint density at radius 2 is 2.00 bits per heavy atom. The normalized spacial score (nSPS) is 18.7. The van der Waals surface area contributed by atoms with E-state index in [2.05, 4.69) is 0 Å². The van der Waals surface area contributed by atoms with Crippen LogP contribution in [0.2, 0.25) is 0 Å². The molecule has 0 spiro atoms. The van der Waals surface area contributed by atoms with E-state index in [1.165, 1.54) is 0 Å². The van der Waals surface area contributed by atoms with Gasteiger partial charge in [-0.1, -0.05) is 0 Å². The number of anilines is 2. The highest BCUT2D eigenvalue weighted by molar-refractivity contribution is 5.96. The Labute approximate surface area is 112 Å². The van der Waals surface area contributed by atoms with Crippen LogP contribution in [0.3, 0.4) is 0 Å². The summed E-state index contributed by atoms with van der Waals surface area (Å²) in [5, 5.41) is 8.78. The van der Waals surface area contributed by atoms with Crippen LogP contribution in [0, 0.1) is 5.92 Å². The first kappa shape index (κ1) is 13.4. The van der Waals surface area contributed by atoms with Gasteiger partial charge in [0.25, 0.3) is 0 Å². The van der Waals surface area contributed by atoms with Crippen LogP contribution in [0.15, 0.2) is 24.3 Å². The van der Waals surface area contributed by atoms with Crippen molar-refractivity contribution in [1.82, 2.24) is 0 Å². The molecule has 0 radical (unpaired) electrons. The zero-order valence-corrected chi connectivity index (χ0v) is 11.2. The second-order valence-corrected chi connectivity index (χ2v) is 5.08. The Bertz CT molecular complexity index is 482. The predicted molar refractivity (Wildman–Crippen MR) is 73.5 cm³/mol. The number of hydrogen-bond donors (Lipinski definition) is 1. The minimum absolute atomic E-state index is 0.00357. The van der Waals surface area contributed by atoms with Crippen LogP contribution in [0.5, 0.6) is 0 Å². The average Bonchev–Trinajstić information content (AvgIpc) is 2.69. The van der Waals surface area contributed by atoms with Gasteiger partial charge >= 0.3 is 5.97 Å². The van der Waals surface area contributed by atoms with Gasteiger partial charge in [0.1, 0.15) is 0 Å². The number of rotatable bonds is 4. The number of carbonyl (C=O) groups is 2. The number of aliphatic carboxylic acids is 1. The van der Waals surface area contributed by atoms with E-state index < -0.39 is 5.97 Å². The molecule has 102 valence electrons. The molecule has 1 fully saturated rings. The van der Waals surface area contributed by atoms with Crippen molar-refractivity contribution < 1.29 is 14.7 Å². The van der Waals surface area contributed by atoms with Crippen LogP contribution in [0.1, 0.15) is 12.8 Å². The molecule has 1 atom stereocenters. The van der Waals surface area contributed by atoms with Crippen molar-refractivity contribution in [3.63, 3.8) is 0 Å². The molecule has 0 bridgehead atoms. The smallest absolute Gasteiger partial charge is 0.303 e. The van der Waals surface area contributed by atoms with Crippen molar-refractivity contribution in [1.29, 1.82) is 0 Å². The number of benzene rings is 1. The molecule has 0 aliphatic carbocycles. The summed E-state index contributed by atoms with van der Waals surface area (Å²) in [5.74, 6) is -0.926. The Hall–Kier alpha value is -2.04. The van der Waals surface area contributed by atoms with Gasteiger partial charge in [-0.3, -0.25) is 9.59 Å². The van der Waals surface area contributed by atoms with Crippen LogP contribution in [0.25, 0.3) is 0 Å². The predicted octanol–water partition coefficient (Wildman–Crippen LogP) is 1.58. The Balaban J connectivity index is 2.09. The number of carboxylic acids is 1. The maximum Gasteiger partial charge on any atom is 0.303 e. The summed E-state index contributed by atoms with van der Waals surface area (Å²) in [6.07, 6.45) is 0.375. The lowest BCUT2D eigenvalue weighted by molar-refractivity contribution is -0.137. The average molecular weight is 262 g/mol. The summed E-state index contributed by atoms with van der Waals surface area (Å²) in [6, 6.07) is 7.70. The highest BCUT2D eigenvalue weighted by atomic mass is 16.4. The highest BCUT2D eigenvalue weighted by Crippen LogP contribution is 2.28. The fourth-order valence-corrected chi connectivity index (χ4v) is 2.35. The molecular weight excluding hydrogens is 244 g/mol. The Kier molecular flexibility index (Phi) is 3.74. The molecule has 1 unspecified atom stereocenters. The molecule has 1 saturated heterocycles. The quantitative estimate of drug-likeness (QED) is 0.895. The summed E-state index contributed by atoms with van der Waals surface area (Å²) in [7, 11) is 3.91. The van der Waals surface area contributed by atoms with Crippen LogP contribution >= 0.6 is 0 Å². The molecule has 1 aromatic rings. The van der Waals surface area contributed by atoms with E-state index in [1.807, 2.05) is 43.3 Å².